The molecule has 0 saturated carbocycles. The molecule has 0 spiro atoms. The van der Waals surface area contributed by atoms with Gasteiger partial charge in [-0.3, -0.25) is 24.0 Å². The highest BCUT2D eigenvalue weighted by Crippen LogP contribution is 2.38. The molecule has 0 aliphatic carbocycles. The number of ether oxygens (including phenoxy) is 11. The maximum absolute atomic E-state index is 14.1. The third-order valence-electron chi connectivity index (χ3n) is 18.5. The lowest BCUT2D eigenvalue weighted by Gasteiger charge is -2.16. The largest absolute Gasteiger partial charge is 0.493 e. The first kappa shape index (κ1) is 97.9. The number of hydrogen-bond donors (Lipinski definition) is 1. The van der Waals surface area contributed by atoms with Crippen LogP contribution in [0.4, 0.5) is 4.39 Å². The number of carbonyl (C=O) groups is 5. The van der Waals surface area contributed by atoms with Crippen molar-refractivity contribution in [2.75, 3.05) is 6.61 Å². The van der Waals surface area contributed by atoms with Crippen molar-refractivity contribution in [2.24, 2.45) is 0 Å². The monoisotopic (exact) mass is 1740 g/mol. The number of esters is 5. The predicted molar refractivity (Wildman–Crippen MR) is 476 cm³/mol. The first-order valence-corrected chi connectivity index (χ1v) is 41.8. The van der Waals surface area contributed by atoms with Gasteiger partial charge in [-0.2, -0.15) is 12.6 Å². The fourth-order valence-electron chi connectivity index (χ4n) is 11.4. The van der Waals surface area contributed by atoms with Crippen LogP contribution in [0.3, 0.4) is 0 Å². The van der Waals surface area contributed by atoms with E-state index >= 15 is 0 Å². The number of para-hydroxylation sites is 1. The molecular formula is C96H106Cl5FO16S. The topological polar surface area (TPSA) is 187 Å². The van der Waals surface area contributed by atoms with Gasteiger partial charge in [0.05, 0.1) is 17.7 Å². The summed E-state index contributed by atoms with van der Waals surface area (Å²) in [4.78, 5) is 57.9. The van der Waals surface area contributed by atoms with Crippen molar-refractivity contribution in [3.63, 3.8) is 0 Å². The van der Waals surface area contributed by atoms with E-state index in [0.717, 1.165) is 108 Å². The molecule has 0 atom stereocenters. The van der Waals surface area contributed by atoms with Gasteiger partial charge in [0, 0.05) is 79.7 Å². The van der Waals surface area contributed by atoms with Gasteiger partial charge in [-0.1, -0.05) is 191 Å². The molecule has 0 aliphatic rings. The van der Waals surface area contributed by atoms with Gasteiger partial charge in [0.15, 0.2) is 0 Å². The molecule has 10 aromatic carbocycles. The zero-order chi connectivity index (χ0) is 87.6. The summed E-state index contributed by atoms with van der Waals surface area (Å²) in [5.41, 5.74) is 15.5. The van der Waals surface area contributed by atoms with Crippen molar-refractivity contribution >= 4 is 100 Å². The Labute approximate surface area is 730 Å². The lowest BCUT2D eigenvalue weighted by atomic mass is 10.1. The third-order valence-corrected chi connectivity index (χ3v) is 20.8. The first-order chi connectivity index (χ1) is 56.8. The van der Waals surface area contributed by atoms with E-state index in [2.05, 4.69) is 19.6 Å². The first-order valence-electron chi connectivity index (χ1n) is 39.3. The molecule has 0 N–H and O–H groups in total. The zero-order valence-electron chi connectivity index (χ0n) is 70.7. The molecule has 0 unspecified atom stereocenters. The Hall–Kier alpha value is -9.92. The van der Waals surface area contributed by atoms with E-state index in [1.165, 1.54) is 12.1 Å². The zero-order valence-corrected chi connectivity index (χ0v) is 75.3. The molecule has 0 heterocycles. The maximum atomic E-state index is 14.1. The molecule has 0 amide bonds. The summed E-state index contributed by atoms with van der Waals surface area (Å²) in [5, 5.41) is 3.26. The predicted octanol–water partition coefficient (Wildman–Crippen LogP) is 26.0. The molecule has 0 aliphatic heterocycles. The van der Waals surface area contributed by atoms with Crippen LogP contribution in [0.1, 0.15) is 182 Å². The van der Waals surface area contributed by atoms with Crippen LogP contribution in [-0.2, 0) is 75.6 Å². The lowest BCUT2D eigenvalue weighted by Crippen LogP contribution is -2.10. The SMILES string of the molecule is CCC(=O)Oc1cccc(C)c1COc1cc(Cl)c(C)cc1C.CCC(=O)Oc1cccc(CS)c1COc1cc(Cl)c(C)cc1C.CCC(=O)Oc1cccc(F)c1COc1cc(Cl)c(C)cc1CC.CCC(=O)Oc1ccccc1COc1cc(Cl)c(C)cc1CC.CCOc1cccc(OC(=O)CC)c1COc1cc(Cl)c(C)cc1C. The number of carbonyl (C=O) groups excluding carboxylic acids is 5. The Morgan fingerprint density at radius 2 is 0.580 bits per heavy atom. The average molecular weight is 1740 g/mol. The van der Waals surface area contributed by atoms with Gasteiger partial charge >= 0.3 is 29.8 Å². The van der Waals surface area contributed by atoms with Crippen LogP contribution in [0.2, 0.25) is 25.1 Å². The van der Waals surface area contributed by atoms with Crippen molar-refractivity contribution in [3.05, 3.63) is 283 Å². The highest BCUT2D eigenvalue weighted by molar-refractivity contribution is 7.79. The number of halogens is 6. The number of rotatable bonds is 30. The van der Waals surface area contributed by atoms with Gasteiger partial charge < -0.3 is 52.1 Å². The van der Waals surface area contributed by atoms with Crippen LogP contribution >= 0.6 is 70.6 Å². The van der Waals surface area contributed by atoms with Crippen LogP contribution in [-0.4, -0.2) is 36.5 Å². The number of thiol groups is 1. The van der Waals surface area contributed by atoms with Crippen molar-refractivity contribution in [3.8, 4) is 63.2 Å². The molecule has 634 valence electrons. The van der Waals surface area contributed by atoms with E-state index in [1.54, 1.807) is 83.1 Å². The Bertz CT molecular complexity index is 5130. The average Bonchev–Trinajstić information content (AvgIpc) is 0.839. The normalized spacial score (nSPS) is 10.5. The molecule has 16 nitrogen and oxygen atoms in total. The Morgan fingerprint density at radius 1 is 0.277 bits per heavy atom. The van der Waals surface area contributed by atoms with Gasteiger partial charge in [-0.05, 0) is 222 Å². The Kier molecular flexibility index (Phi) is 40.8. The molecule has 119 heavy (non-hydrogen) atoms. The summed E-state index contributed by atoms with van der Waals surface area (Å²) in [6.45, 7) is 34.0. The van der Waals surface area contributed by atoms with Crippen molar-refractivity contribution in [1.82, 2.24) is 0 Å². The van der Waals surface area contributed by atoms with Crippen LogP contribution in [0.5, 0.6) is 63.2 Å². The molecule has 0 bridgehead atoms. The van der Waals surface area contributed by atoms with E-state index < -0.39 is 11.8 Å². The van der Waals surface area contributed by atoms with E-state index in [-0.39, 0.29) is 61.4 Å². The number of hydrogen-bond acceptors (Lipinski definition) is 17. The number of aryl methyl sites for hydroxylation is 11. The molecule has 0 radical (unpaired) electrons. The quantitative estimate of drug-likeness (QED) is 0.0254. The van der Waals surface area contributed by atoms with Gasteiger partial charge in [-0.25, -0.2) is 4.39 Å². The second kappa shape index (κ2) is 49.6. The van der Waals surface area contributed by atoms with E-state index in [1.807, 2.05) is 173 Å². The minimum absolute atomic E-state index is 0.0502. The van der Waals surface area contributed by atoms with Crippen LogP contribution in [0, 0.1) is 68.1 Å². The van der Waals surface area contributed by atoms with Gasteiger partial charge in [0.1, 0.15) is 102 Å². The summed E-state index contributed by atoms with van der Waals surface area (Å²) in [5.74, 6) is 4.91. The van der Waals surface area contributed by atoms with E-state index in [4.69, 9.17) is 110 Å². The summed E-state index contributed by atoms with van der Waals surface area (Å²) < 4.78 is 76.1. The fourth-order valence-corrected chi connectivity index (χ4v) is 12.5. The molecule has 0 fully saturated rings. The lowest BCUT2D eigenvalue weighted by molar-refractivity contribution is -0.135. The van der Waals surface area contributed by atoms with Crippen molar-refractivity contribution in [2.45, 2.75) is 201 Å². The van der Waals surface area contributed by atoms with Crippen LogP contribution in [0.25, 0.3) is 0 Å². The van der Waals surface area contributed by atoms with E-state index in [9.17, 15) is 28.4 Å². The third kappa shape index (κ3) is 30.1. The summed E-state index contributed by atoms with van der Waals surface area (Å²) in [7, 11) is 0. The maximum Gasteiger partial charge on any atom is 0.310 e. The minimum atomic E-state index is -0.479. The van der Waals surface area contributed by atoms with Gasteiger partial charge in [0.25, 0.3) is 0 Å². The van der Waals surface area contributed by atoms with Crippen LogP contribution in [0.15, 0.2) is 158 Å². The van der Waals surface area contributed by atoms with Crippen molar-refractivity contribution in [1.29, 1.82) is 0 Å². The second-order valence-corrected chi connectivity index (χ2v) is 29.8. The number of benzene rings is 10. The molecular weight excluding hydrogens is 1640 g/mol. The molecule has 0 saturated heterocycles. The van der Waals surface area contributed by atoms with Gasteiger partial charge in [-0.15, -0.1) is 0 Å². The highest BCUT2D eigenvalue weighted by atomic mass is 35.5. The molecule has 0 aromatic heterocycles. The second-order valence-electron chi connectivity index (χ2n) is 27.4. The van der Waals surface area contributed by atoms with Crippen molar-refractivity contribution < 1.29 is 80.5 Å². The van der Waals surface area contributed by atoms with Gasteiger partial charge in [0.2, 0.25) is 0 Å². The molecule has 23 heteroatoms. The Balaban J connectivity index is 0.000000231. The Morgan fingerprint density at radius 3 is 1.00 bits per heavy atom. The standard InChI is InChI=1S/C20H23ClO4.C19H20ClFO3.C19H21ClO3S.2C19H21ClO3/c1-5-20(22)25-18-9-7-8-17(23-6-2)15(18)12-24-19-11-16(21)13(3)10-14(19)4;1-4-13-9-12(3)15(20)10-18(13)23-11-14-16(21)7-6-8-17(14)24-19(22)5-2;1-4-19(21)23-17-7-5-6-14(11-24)15(17)10-22-18-9-16(20)12(2)8-13(18)3;1-5-19(21)23-17-8-6-7-12(2)15(17)11-22-18-10-16(20)13(3)9-14(18)4;1-4-14-10-13(3)16(20)11-18(14)22-12-15-8-6-7-9-17(15)23-19(21)5-2/h7-11H,5-6,12H2,1-4H3;6-10H,4-5,11H2,1-3H3;5-9,24H,4,10-11H2,1-3H3;6-10H,5,11H2,1-4H3;6-11H,4-5,12H2,1-3H3. The fraction of sp³-hybridized carbons (Fsp3) is 0.323. The highest BCUT2D eigenvalue weighted by Gasteiger charge is 2.21. The van der Waals surface area contributed by atoms with Crippen LogP contribution < -0.4 is 52.1 Å². The molecule has 10 rings (SSSR count). The minimum Gasteiger partial charge on any atom is -0.493 e. The summed E-state index contributed by atoms with van der Waals surface area (Å²) in [6, 6.07) is 47.3. The smallest absolute Gasteiger partial charge is 0.310 e. The summed E-state index contributed by atoms with van der Waals surface area (Å²) in [6.07, 6.45) is 3.13. The molecule has 10 aromatic rings. The summed E-state index contributed by atoms with van der Waals surface area (Å²) >= 11 is 35.2. The van der Waals surface area contributed by atoms with E-state index in [0.29, 0.717) is 128 Å².